The van der Waals surface area contributed by atoms with E-state index in [9.17, 15) is 9.90 Å². The summed E-state index contributed by atoms with van der Waals surface area (Å²) in [5.41, 5.74) is 1.12. The molecule has 2 atom stereocenters. The number of hydrogen-bond acceptors (Lipinski definition) is 3. The molecule has 0 aliphatic carbocycles. The Hall–Kier alpha value is -1.55. The number of carbonyl (C=O) groups is 1. The molecule has 0 saturated carbocycles. The first-order chi connectivity index (χ1) is 8.72. The average Bonchev–Trinajstić information content (AvgIpc) is 2.73. The lowest BCUT2D eigenvalue weighted by Gasteiger charge is -2.25. The highest BCUT2D eigenvalue weighted by Crippen LogP contribution is 2.22. The predicted molar refractivity (Wildman–Crippen MR) is 68.3 cm³/mol. The van der Waals surface area contributed by atoms with Crippen LogP contribution in [0, 0.1) is 0 Å². The van der Waals surface area contributed by atoms with Crippen LogP contribution in [0.15, 0.2) is 30.3 Å². The largest absolute Gasteiger partial charge is 0.450 e. The Morgan fingerprint density at radius 1 is 1.44 bits per heavy atom. The number of nitrogens with zero attached hydrogens (tertiary/aromatic N) is 1. The zero-order valence-corrected chi connectivity index (χ0v) is 10.6. The average molecular weight is 249 g/mol. The van der Waals surface area contributed by atoms with E-state index in [0.717, 1.165) is 5.56 Å². The van der Waals surface area contributed by atoms with Gasteiger partial charge in [-0.05, 0) is 25.3 Å². The highest BCUT2D eigenvalue weighted by atomic mass is 16.6. The van der Waals surface area contributed by atoms with Gasteiger partial charge in [0.2, 0.25) is 0 Å². The molecule has 4 nitrogen and oxygen atoms in total. The van der Waals surface area contributed by atoms with E-state index >= 15 is 0 Å². The third kappa shape index (κ3) is 2.82. The summed E-state index contributed by atoms with van der Waals surface area (Å²) in [6.45, 7) is 2.72. The van der Waals surface area contributed by atoms with Crippen molar-refractivity contribution in [3.05, 3.63) is 35.9 Å². The van der Waals surface area contributed by atoms with E-state index in [4.69, 9.17) is 4.74 Å². The Bertz CT molecular complexity index is 393. The first-order valence-electron chi connectivity index (χ1n) is 6.37. The Labute approximate surface area is 107 Å². The number of amides is 1. The normalized spacial score (nSPS) is 23.1. The Balaban J connectivity index is 2.06. The summed E-state index contributed by atoms with van der Waals surface area (Å²) in [7, 11) is 0. The summed E-state index contributed by atoms with van der Waals surface area (Å²) in [6.07, 6.45) is 0.501. The van der Waals surface area contributed by atoms with Crippen molar-refractivity contribution in [1.29, 1.82) is 0 Å². The molecule has 1 aliphatic heterocycles. The number of aliphatic hydroxyl groups excluding tert-OH is 1. The fraction of sp³-hybridized carbons (Fsp3) is 0.500. The lowest BCUT2D eigenvalue weighted by atomic mass is 10.0. The molecule has 0 bridgehead atoms. The minimum atomic E-state index is -0.463. The summed E-state index contributed by atoms with van der Waals surface area (Å²) < 4.78 is 5.02. The van der Waals surface area contributed by atoms with E-state index in [1.165, 1.54) is 0 Å². The fourth-order valence-corrected chi connectivity index (χ4v) is 2.37. The highest BCUT2D eigenvalue weighted by Gasteiger charge is 2.36. The Morgan fingerprint density at radius 3 is 2.83 bits per heavy atom. The van der Waals surface area contributed by atoms with Crippen LogP contribution in [0.3, 0.4) is 0 Å². The van der Waals surface area contributed by atoms with Crippen molar-refractivity contribution >= 4 is 6.09 Å². The predicted octanol–water partition coefficient (Wildman–Crippen LogP) is 1.82. The summed E-state index contributed by atoms with van der Waals surface area (Å²) in [6, 6.07) is 9.73. The zero-order valence-electron chi connectivity index (χ0n) is 10.6. The topological polar surface area (TPSA) is 49.8 Å². The first kappa shape index (κ1) is 12.9. The molecule has 0 spiro atoms. The monoisotopic (exact) mass is 249 g/mol. The molecule has 1 aliphatic rings. The van der Waals surface area contributed by atoms with E-state index in [1.807, 2.05) is 30.3 Å². The van der Waals surface area contributed by atoms with Crippen LogP contribution in [0.4, 0.5) is 4.79 Å². The minimum absolute atomic E-state index is 0.175. The third-order valence-corrected chi connectivity index (χ3v) is 3.30. The van der Waals surface area contributed by atoms with E-state index in [1.54, 1.807) is 11.8 Å². The number of benzene rings is 1. The SMILES string of the molecule is CCOC(=O)N1CC[C@H](O)[C@@H]1Cc1ccccc1. The first-order valence-corrected chi connectivity index (χ1v) is 6.37. The number of hydrogen-bond donors (Lipinski definition) is 1. The third-order valence-electron chi connectivity index (χ3n) is 3.30. The van der Waals surface area contributed by atoms with Gasteiger partial charge in [-0.15, -0.1) is 0 Å². The van der Waals surface area contributed by atoms with Gasteiger partial charge in [0, 0.05) is 6.54 Å². The second-order valence-electron chi connectivity index (χ2n) is 4.51. The van der Waals surface area contributed by atoms with Crippen LogP contribution in [0.25, 0.3) is 0 Å². The van der Waals surface area contributed by atoms with Crippen molar-refractivity contribution in [1.82, 2.24) is 4.90 Å². The van der Waals surface area contributed by atoms with Gasteiger partial charge >= 0.3 is 6.09 Å². The van der Waals surface area contributed by atoms with Gasteiger partial charge in [0.25, 0.3) is 0 Å². The van der Waals surface area contributed by atoms with Crippen molar-refractivity contribution in [2.75, 3.05) is 13.2 Å². The molecule has 1 amide bonds. The fourth-order valence-electron chi connectivity index (χ4n) is 2.37. The Morgan fingerprint density at radius 2 is 2.17 bits per heavy atom. The van der Waals surface area contributed by atoms with E-state index in [2.05, 4.69) is 0 Å². The molecule has 0 unspecified atom stereocenters. The maximum absolute atomic E-state index is 11.8. The molecule has 98 valence electrons. The van der Waals surface area contributed by atoms with Crippen molar-refractivity contribution in [3.8, 4) is 0 Å². The Kier molecular flexibility index (Phi) is 4.20. The quantitative estimate of drug-likeness (QED) is 0.889. The summed E-state index contributed by atoms with van der Waals surface area (Å²) in [4.78, 5) is 13.4. The maximum Gasteiger partial charge on any atom is 0.410 e. The summed E-state index contributed by atoms with van der Waals surface area (Å²) in [5, 5.41) is 9.99. The molecule has 1 fully saturated rings. The molecule has 2 rings (SSSR count). The van der Waals surface area contributed by atoms with Crippen LogP contribution < -0.4 is 0 Å². The van der Waals surface area contributed by atoms with Gasteiger partial charge in [0.1, 0.15) is 0 Å². The number of ether oxygens (including phenoxy) is 1. The molecule has 18 heavy (non-hydrogen) atoms. The maximum atomic E-state index is 11.8. The van der Waals surface area contributed by atoms with E-state index in [-0.39, 0.29) is 12.1 Å². The molecular weight excluding hydrogens is 230 g/mol. The van der Waals surface area contributed by atoms with Crippen LogP contribution in [0.2, 0.25) is 0 Å². The molecule has 0 radical (unpaired) electrons. The van der Waals surface area contributed by atoms with Gasteiger partial charge in [0.05, 0.1) is 18.8 Å². The van der Waals surface area contributed by atoms with Gasteiger partial charge in [-0.25, -0.2) is 4.79 Å². The smallest absolute Gasteiger partial charge is 0.410 e. The van der Waals surface area contributed by atoms with Crippen LogP contribution >= 0.6 is 0 Å². The molecular formula is C14H19NO3. The number of aliphatic hydroxyl groups is 1. The van der Waals surface area contributed by atoms with Gasteiger partial charge in [-0.3, -0.25) is 0 Å². The van der Waals surface area contributed by atoms with Crippen molar-refractivity contribution in [3.63, 3.8) is 0 Å². The number of carbonyl (C=O) groups excluding carboxylic acids is 1. The van der Waals surface area contributed by atoms with Crippen molar-refractivity contribution in [2.45, 2.75) is 31.9 Å². The van der Waals surface area contributed by atoms with Crippen LogP contribution in [0.1, 0.15) is 18.9 Å². The van der Waals surface area contributed by atoms with Gasteiger partial charge < -0.3 is 14.7 Å². The summed E-state index contributed by atoms with van der Waals surface area (Å²) >= 11 is 0. The van der Waals surface area contributed by atoms with Crippen molar-refractivity contribution in [2.24, 2.45) is 0 Å². The summed E-state index contributed by atoms with van der Waals surface area (Å²) in [5.74, 6) is 0. The number of likely N-dealkylation sites (tertiary alicyclic amines) is 1. The lowest BCUT2D eigenvalue weighted by molar-refractivity contribution is 0.0790. The minimum Gasteiger partial charge on any atom is -0.450 e. The van der Waals surface area contributed by atoms with Gasteiger partial charge in [-0.2, -0.15) is 0 Å². The molecule has 0 aromatic heterocycles. The molecule has 4 heteroatoms. The second-order valence-corrected chi connectivity index (χ2v) is 4.51. The van der Waals surface area contributed by atoms with Gasteiger partial charge in [-0.1, -0.05) is 30.3 Å². The number of rotatable bonds is 3. The standard InChI is InChI=1S/C14H19NO3/c1-2-18-14(17)15-9-8-13(16)12(15)10-11-6-4-3-5-7-11/h3-7,12-13,16H,2,8-10H2,1H3/t12-,13-/m0/s1. The van der Waals surface area contributed by atoms with E-state index < -0.39 is 6.10 Å². The van der Waals surface area contributed by atoms with Crippen LogP contribution in [-0.2, 0) is 11.2 Å². The molecule has 1 heterocycles. The zero-order chi connectivity index (χ0) is 13.0. The van der Waals surface area contributed by atoms with Gasteiger partial charge in [0.15, 0.2) is 0 Å². The highest BCUT2D eigenvalue weighted by molar-refractivity contribution is 5.68. The molecule has 1 aromatic rings. The van der Waals surface area contributed by atoms with Crippen LogP contribution in [0.5, 0.6) is 0 Å². The van der Waals surface area contributed by atoms with Crippen LogP contribution in [-0.4, -0.2) is 41.4 Å². The molecule has 1 aromatic carbocycles. The molecule has 1 saturated heterocycles. The van der Waals surface area contributed by atoms with Crippen molar-refractivity contribution < 1.29 is 14.6 Å². The molecule has 1 N–H and O–H groups in total. The second kappa shape index (κ2) is 5.87. The lowest BCUT2D eigenvalue weighted by Crippen LogP contribution is -2.41. The van der Waals surface area contributed by atoms with E-state index in [0.29, 0.717) is 26.0 Å².